The zero-order chi connectivity index (χ0) is 12.3. The smallest absolute Gasteiger partial charge is 0.337 e. The summed E-state index contributed by atoms with van der Waals surface area (Å²) in [6, 6.07) is 5.18. The number of hydrogen-bond acceptors (Lipinski definition) is 2. The second-order valence-corrected chi connectivity index (χ2v) is 4.15. The van der Waals surface area contributed by atoms with Crippen LogP contribution in [0.3, 0.4) is 0 Å². The number of nitrogens with one attached hydrogen (secondary N) is 1. The molecular weight excluding hydrogens is 216 g/mol. The molecule has 0 radical (unpaired) electrons. The molecule has 0 aliphatic heterocycles. The first-order valence-electron chi connectivity index (χ1n) is 5.93. The predicted molar refractivity (Wildman–Crippen MR) is 66.3 cm³/mol. The van der Waals surface area contributed by atoms with Crippen molar-refractivity contribution in [2.75, 3.05) is 0 Å². The van der Waals surface area contributed by atoms with Crippen LogP contribution in [0.5, 0.6) is 0 Å². The molecule has 2 rings (SSSR count). The molecule has 2 N–H and O–H groups in total. The summed E-state index contributed by atoms with van der Waals surface area (Å²) in [5, 5.41) is 9.05. The van der Waals surface area contributed by atoms with Crippen molar-refractivity contribution in [2.24, 2.45) is 0 Å². The molecule has 0 bridgehead atoms. The Balaban J connectivity index is 2.30. The number of aromatic amines is 1. The van der Waals surface area contributed by atoms with E-state index >= 15 is 0 Å². The Morgan fingerprint density at radius 3 is 2.94 bits per heavy atom. The number of aromatic carboxylic acids is 1. The molecule has 1 aromatic carbocycles. The third-order valence-electron chi connectivity index (χ3n) is 2.81. The van der Waals surface area contributed by atoms with E-state index in [0.717, 1.165) is 24.2 Å². The van der Waals surface area contributed by atoms with E-state index in [1.165, 1.54) is 12.8 Å². The molecule has 0 amide bonds. The van der Waals surface area contributed by atoms with Gasteiger partial charge in [-0.15, -0.1) is 0 Å². The molecular formula is C13H16N2O2. The number of aryl methyl sites for hydroxylation is 1. The number of benzene rings is 1. The van der Waals surface area contributed by atoms with E-state index in [2.05, 4.69) is 16.9 Å². The molecule has 0 unspecified atom stereocenters. The maximum absolute atomic E-state index is 11.0. The quantitative estimate of drug-likeness (QED) is 0.779. The molecule has 0 saturated carbocycles. The van der Waals surface area contributed by atoms with E-state index in [0.29, 0.717) is 5.52 Å². The average Bonchev–Trinajstić information content (AvgIpc) is 2.71. The molecule has 2 aromatic rings. The molecule has 1 aromatic heterocycles. The lowest BCUT2D eigenvalue weighted by atomic mass is 10.2. The maximum atomic E-state index is 11.0. The second-order valence-electron chi connectivity index (χ2n) is 4.15. The normalized spacial score (nSPS) is 10.9. The Hall–Kier alpha value is -1.84. The van der Waals surface area contributed by atoms with Gasteiger partial charge in [-0.1, -0.05) is 25.8 Å². The molecule has 17 heavy (non-hydrogen) atoms. The minimum Gasteiger partial charge on any atom is -0.478 e. The predicted octanol–water partition coefficient (Wildman–Crippen LogP) is 2.99. The lowest BCUT2D eigenvalue weighted by Crippen LogP contribution is -1.96. The summed E-state index contributed by atoms with van der Waals surface area (Å²) in [6.45, 7) is 2.15. The molecule has 0 aliphatic carbocycles. The molecule has 4 nitrogen and oxygen atoms in total. The Morgan fingerprint density at radius 1 is 1.41 bits per heavy atom. The highest BCUT2D eigenvalue weighted by Crippen LogP contribution is 2.17. The Labute approximate surface area is 99.7 Å². The van der Waals surface area contributed by atoms with Gasteiger partial charge in [0.05, 0.1) is 11.1 Å². The number of fused-ring (bicyclic) bond motifs is 1. The molecule has 0 fully saturated rings. The summed E-state index contributed by atoms with van der Waals surface area (Å²) >= 11 is 0. The first-order chi connectivity index (χ1) is 8.22. The van der Waals surface area contributed by atoms with Crippen LogP contribution in [0.4, 0.5) is 0 Å². The van der Waals surface area contributed by atoms with Crippen LogP contribution < -0.4 is 0 Å². The van der Waals surface area contributed by atoms with E-state index in [-0.39, 0.29) is 5.56 Å². The van der Waals surface area contributed by atoms with Gasteiger partial charge in [0.2, 0.25) is 0 Å². The molecule has 4 heteroatoms. The van der Waals surface area contributed by atoms with Crippen LogP contribution in [-0.4, -0.2) is 21.0 Å². The summed E-state index contributed by atoms with van der Waals surface area (Å²) in [4.78, 5) is 18.6. The van der Waals surface area contributed by atoms with Crippen molar-refractivity contribution in [1.29, 1.82) is 0 Å². The molecule has 0 spiro atoms. The number of carbonyl (C=O) groups is 1. The number of hydrogen-bond donors (Lipinski definition) is 2. The van der Waals surface area contributed by atoms with E-state index in [1.54, 1.807) is 12.1 Å². The lowest BCUT2D eigenvalue weighted by Gasteiger charge is -1.94. The van der Waals surface area contributed by atoms with Crippen molar-refractivity contribution in [3.8, 4) is 0 Å². The van der Waals surface area contributed by atoms with Crippen LogP contribution in [0, 0.1) is 0 Å². The maximum Gasteiger partial charge on any atom is 0.337 e. The molecule has 0 atom stereocenters. The summed E-state index contributed by atoms with van der Waals surface area (Å²) < 4.78 is 0. The molecule has 1 heterocycles. The van der Waals surface area contributed by atoms with Gasteiger partial charge in [-0.25, -0.2) is 9.78 Å². The van der Waals surface area contributed by atoms with Crippen molar-refractivity contribution in [1.82, 2.24) is 9.97 Å². The number of nitrogens with zero attached hydrogens (tertiary/aromatic N) is 1. The van der Waals surface area contributed by atoms with Crippen LogP contribution >= 0.6 is 0 Å². The van der Waals surface area contributed by atoms with Gasteiger partial charge in [0.1, 0.15) is 11.3 Å². The minimum absolute atomic E-state index is 0.264. The monoisotopic (exact) mass is 232 g/mol. The highest BCUT2D eigenvalue weighted by molar-refractivity contribution is 6.00. The second kappa shape index (κ2) is 4.99. The zero-order valence-electron chi connectivity index (χ0n) is 9.86. The van der Waals surface area contributed by atoms with Crippen LogP contribution in [0.15, 0.2) is 18.2 Å². The Bertz CT molecular complexity index is 531. The number of unbranched alkanes of at least 4 members (excludes halogenated alkanes) is 2. The Morgan fingerprint density at radius 2 is 2.24 bits per heavy atom. The molecule has 90 valence electrons. The first-order valence-corrected chi connectivity index (χ1v) is 5.93. The summed E-state index contributed by atoms with van der Waals surface area (Å²) in [5.41, 5.74) is 1.63. The number of carboxylic acid groups (broad SMARTS) is 1. The molecule has 0 saturated heterocycles. The van der Waals surface area contributed by atoms with Gasteiger partial charge in [0, 0.05) is 6.42 Å². The minimum atomic E-state index is -0.929. The van der Waals surface area contributed by atoms with Crippen LogP contribution in [-0.2, 0) is 6.42 Å². The first kappa shape index (κ1) is 11.6. The number of imidazole rings is 1. The zero-order valence-corrected chi connectivity index (χ0v) is 9.86. The topological polar surface area (TPSA) is 66.0 Å². The SMILES string of the molecule is CCCCCc1nc2c(C(=O)O)cccc2[nH]1. The van der Waals surface area contributed by atoms with Crippen molar-refractivity contribution in [3.05, 3.63) is 29.6 Å². The standard InChI is InChI=1S/C13H16N2O2/c1-2-3-4-8-11-14-10-7-5-6-9(13(16)17)12(10)15-11/h5-7H,2-4,8H2,1H3,(H,14,15)(H,16,17). The van der Waals surface area contributed by atoms with Gasteiger partial charge in [0.25, 0.3) is 0 Å². The van der Waals surface area contributed by atoms with E-state index in [1.807, 2.05) is 6.07 Å². The summed E-state index contributed by atoms with van der Waals surface area (Å²) in [5.74, 6) is -0.0515. The third-order valence-corrected chi connectivity index (χ3v) is 2.81. The van der Waals surface area contributed by atoms with E-state index in [4.69, 9.17) is 5.11 Å². The van der Waals surface area contributed by atoms with Gasteiger partial charge in [-0.05, 0) is 18.6 Å². The number of H-pyrrole nitrogens is 1. The average molecular weight is 232 g/mol. The Kier molecular flexibility index (Phi) is 3.42. The lowest BCUT2D eigenvalue weighted by molar-refractivity contribution is 0.0699. The third kappa shape index (κ3) is 2.46. The van der Waals surface area contributed by atoms with E-state index < -0.39 is 5.97 Å². The summed E-state index contributed by atoms with van der Waals surface area (Å²) in [6.07, 6.45) is 4.30. The number of aromatic nitrogens is 2. The highest BCUT2D eigenvalue weighted by atomic mass is 16.4. The van der Waals surface area contributed by atoms with Gasteiger partial charge in [-0.2, -0.15) is 0 Å². The fourth-order valence-electron chi connectivity index (χ4n) is 1.92. The van der Waals surface area contributed by atoms with Gasteiger partial charge in [-0.3, -0.25) is 0 Å². The van der Waals surface area contributed by atoms with Crippen molar-refractivity contribution >= 4 is 17.0 Å². The van der Waals surface area contributed by atoms with Crippen molar-refractivity contribution in [2.45, 2.75) is 32.6 Å². The number of para-hydroxylation sites is 1. The largest absolute Gasteiger partial charge is 0.478 e. The van der Waals surface area contributed by atoms with Crippen LogP contribution in [0.25, 0.3) is 11.0 Å². The fraction of sp³-hybridized carbons (Fsp3) is 0.385. The number of carboxylic acids is 1. The fourth-order valence-corrected chi connectivity index (χ4v) is 1.92. The number of rotatable bonds is 5. The van der Waals surface area contributed by atoms with Crippen molar-refractivity contribution in [3.63, 3.8) is 0 Å². The molecule has 0 aliphatic rings. The van der Waals surface area contributed by atoms with Crippen LogP contribution in [0.1, 0.15) is 42.4 Å². The van der Waals surface area contributed by atoms with Crippen molar-refractivity contribution < 1.29 is 9.90 Å². The van der Waals surface area contributed by atoms with Gasteiger partial charge >= 0.3 is 5.97 Å². The van der Waals surface area contributed by atoms with Crippen LogP contribution in [0.2, 0.25) is 0 Å². The highest BCUT2D eigenvalue weighted by Gasteiger charge is 2.11. The van der Waals surface area contributed by atoms with Gasteiger partial charge < -0.3 is 10.1 Å². The van der Waals surface area contributed by atoms with Gasteiger partial charge in [0.15, 0.2) is 0 Å². The summed E-state index contributed by atoms with van der Waals surface area (Å²) in [7, 11) is 0. The van der Waals surface area contributed by atoms with E-state index in [9.17, 15) is 4.79 Å².